The first kappa shape index (κ1) is 12.8. The van der Waals surface area contributed by atoms with Crippen LogP contribution in [0.2, 0.25) is 0 Å². The number of aryl methyl sites for hydroxylation is 2. The summed E-state index contributed by atoms with van der Waals surface area (Å²) in [6.07, 6.45) is 0.930. The fraction of sp³-hybridized carbons (Fsp3) is 0.615. The fourth-order valence-corrected chi connectivity index (χ4v) is 1.98. The molecular weight excluding hydrogens is 202 g/mol. The van der Waals surface area contributed by atoms with Gasteiger partial charge in [0.2, 0.25) is 5.91 Å². The lowest BCUT2D eigenvalue weighted by Crippen LogP contribution is -2.27. The second-order valence-electron chi connectivity index (χ2n) is 4.75. The van der Waals surface area contributed by atoms with Crippen molar-refractivity contribution < 1.29 is 9.21 Å². The molecule has 0 aliphatic carbocycles. The number of furan rings is 1. The number of amides is 1. The Morgan fingerprint density at radius 3 is 2.44 bits per heavy atom. The van der Waals surface area contributed by atoms with E-state index >= 15 is 0 Å². The number of hydrogen-bond donors (Lipinski definition) is 1. The van der Waals surface area contributed by atoms with Crippen LogP contribution < -0.4 is 5.32 Å². The Morgan fingerprint density at radius 1 is 1.44 bits per heavy atom. The van der Waals surface area contributed by atoms with Crippen molar-refractivity contribution in [3.8, 4) is 0 Å². The van der Waals surface area contributed by atoms with Crippen molar-refractivity contribution in [1.29, 1.82) is 0 Å². The average molecular weight is 223 g/mol. The minimum atomic E-state index is 0.00361. The molecule has 1 N–H and O–H groups in total. The van der Waals surface area contributed by atoms with Gasteiger partial charge in [0.15, 0.2) is 0 Å². The molecule has 1 aromatic rings. The number of carbonyl (C=O) groups is 1. The van der Waals surface area contributed by atoms with Crippen molar-refractivity contribution in [2.24, 2.45) is 5.92 Å². The summed E-state index contributed by atoms with van der Waals surface area (Å²) in [7, 11) is 0. The maximum absolute atomic E-state index is 11.2. The van der Waals surface area contributed by atoms with Gasteiger partial charge in [-0.05, 0) is 32.3 Å². The highest BCUT2D eigenvalue weighted by Crippen LogP contribution is 2.26. The van der Waals surface area contributed by atoms with Crippen molar-refractivity contribution in [2.45, 2.75) is 47.1 Å². The third kappa shape index (κ3) is 3.40. The SMILES string of the molecule is CC(=O)NC(CC(C)C)c1cc(C)oc1C. The van der Waals surface area contributed by atoms with E-state index in [4.69, 9.17) is 4.42 Å². The van der Waals surface area contributed by atoms with Crippen molar-refractivity contribution in [2.75, 3.05) is 0 Å². The van der Waals surface area contributed by atoms with E-state index in [1.807, 2.05) is 19.9 Å². The number of carbonyl (C=O) groups excluding carboxylic acids is 1. The minimum Gasteiger partial charge on any atom is -0.466 e. The van der Waals surface area contributed by atoms with Crippen LogP contribution in [-0.4, -0.2) is 5.91 Å². The van der Waals surface area contributed by atoms with E-state index in [1.165, 1.54) is 0 Å². The molecule has 1 amide bonds. The van der Waals surface area contributed by atoms with E-state index in [0.29, 0.717) is 5.92 Å². The van der Waals surface area contributed by atoms with Crippen LogP contribution in [0.3, 0.4) is 0 Å². The highest BCUT2D eigenvalue weighted by Gasteiger charge is 2.19. The predicted molar refractivity (Wildman–Crippen MR) is 64.2 cm³/mol. The molecule has 1 aromatic heterocycles. The van der Waals surface area contributed by atoms with Gasteiger partial charge in [-0.2, -0.15) is 0 Å². The van der Waals surface area contributed by atoms with Crippen molar-refractivity contribution in [3.63, 3.8) is 0 Å². The Morgan fingerprint density at radius 2 is 2.06 bits per heavy atom. The van der Waals surface area contributed by atoms with E-state index in [1.54, 1.807) is 6.92 Å². The van der Waals surface area contributed by atoms with E-state index in [-0.39, 0.29) is 11.9 Å². The molecule has 1 rings (SSSR count). The normalized spacial score (nSPS) is 12.9. The Bertz CT molecular complexity index is 366. The fourth-order valence-electron chi connectivity index (χ4n) is 1.98. The summed E-state index contributed by atoms with van der Waals surface area (Å²) < 4.78 is 5.51. The van der Waals surface area contributed by atoms with E-state index in [2.05, 4.69) is 19.2 Å². The first-order chi connectivity index (χ1) is 7.40. The average Bonchev–Trinajstić information content (AvgIpc) is 2.42. The van der Waals surface area contributed by atoms with Gasteiger partial charge in [0, 0.05) is 12.5 Å². The summed E-state index contributed by atoms with van der Waals surface area (Å²) in [5, 5.41) is 2.98. The lowest BCUT2D eigenvalue weighted by molar-refractivity contribution is -0.119. The molecule has 0 saturated carbocycles. The molecule has 3 heteroatoms. The first-order valence-electron chi connectivity index (χ1n) is 5.74. The summed E-state index contributed by atoms with van der Waals surface area (Å²) in [5.74, 6) is 2.33. The van der Waals surface area contributed by atoms with Crippen LogP contribution in [0.4, 0.5) is 0 Å². The summed E-state index contributed by atoms with van der Waals surface area (Å²) in [6.45, 7) is 9.72. The molecule has 0 spiro atoms. The quantitative estimate of drug-likeness (QED) is 0.852. The van der Waals surface area contributed by atoms with Gasteiger partial charge in [-0.15, -0.1) is 0 Å². The van der Waals surface area contributed by atoms with Gasteiger partial charge in [0.1, 0.15) is 11.5 Å². The number of hydrogen-bond acceptors (Lipinski definition) is 2. The summed E-state index contributed by atoms with van der Waals surface area (Å²) in [6, 6.07) is 2.08. The molecule has 1 unspecified atom stereocenters. The third-order valence-electron chi connectivity index (χ3n) is 2.54. The van der Waals surface area contributed by atoms with E-state index in [9.17, 15) is 4.79 Å². The molecule has 0 bridgehead atoms. The molecule has 0 aromatic carbocycles. The zero-order chi connectivity index (χ0) is 12.3. The minimum absolute atomic E-state index is 0.00361. The van der Waals surface area contributed by atoms with Gasteiger partial charge >= 0.3 is 0 Å². The molecular formula is C13H21NO2. The maximum Gasteiger partial charge on any atom is 0.217 e. The molecule has 1 atom stereocenters. The van der Waals surface area contributed by atoms with E-state index in [0.717, 1.165) is 23.5 Å². The third-order valence-corrected chi connectivity index (χ3v) is 2.54. The van der Waals surface area contributed by atoms with Gasteiger partial charge < -0.3 is 9.73 Å². The molecule has 0 aliphatic heterocycles. The monoisotopic (exact) mass is 223 g/mol. The van der Waals surface area contributed by atoms with Gasteiger partial charge in [0.25, 0.3) is 0 Å². The Hall–Kier alpha value is -1.25. The van der Waals surface area contributed by atoms with Crippen LogP contribution in [0.15, 0.2) is 10.5 Å². The molecule has 0 radical (unpaired) electrons. The van der Waals surface area contributed by atoms with Crippen molar-refractivity contribution in [1.82, 2.24) is 5.32 Å². The molecule has 1 heterocycles. The molecule has 3 nitrogen and oxygen atoms in total. The Kier molecular flexibility index (Phi) is 4.16. The lowest BCUT2D eigenvalue weighted by atomic mass is 9.97. The molecule has 0 aliphatic rings. The van der Waals surface area contributed by atoms with Crippen LogP contribution >= 0.6 is 0 Å². The van der Waals surface area contributed by atoms with Crippen LogP contribution in [0.25, 0.3) is 0 Å². The Labute approximate surface area is 97.2 Å². The summed E-state index contributed by atoms with van der Waals surface area (Å²) >= 11 is 0. The van der Waals surface area contributed by atoms with Gasteiger partial charge in [-0.1, -0.05) is 13.8 Å². The van der Waals surface area contributed by atoms with Crippen molar-refractivity contribution in [3.05, 3.63) is 23.2 Å². The molecule has 90 valence electrons. The summed E-state index contributed by atoms with van der Waals surface area (Å²) in [4.78, 5) is 11.2. The topological polar surface area (TPSA) is 42.2 Å². The number of rotatable bonds is 4. The van der Waals surface area contributed by atoms with Crippen molar-refractivity contribution >= 4 is 5.91 Å². The Balaban J connectivity index is 2.91. The molecule has 0 fully saturated rings. The lowest BCUT2D eigenvalue weighted by Gasteiger charge is -2.19. The maximum atomic E-state index is 11.2. The summed E-state index contributed by atoms with van der Waals surface area (Å²) in [5.41, 5.74) is 1.10. The second kappa shape index (κ2) is 5.19. The van der Waals surface area contributed by atoms with Gasteiger partial charge in [-0.25, -0.2) is 0 Å². The van der Waals surface area contributed by atoms with Gasteiger partial charge in [-0.3, -0.25) is 4.79 Å². The zero-order valence-electron chi connectivity index (χ0n) is 10.8. The second-order valence-corrected chi connectivity index (χ2v) is 4.75. The number of nitrogens with one attached hydrogen (secondary N) is 1. The smallest absolute Gasteiger partial charge is 0.217 e. The van der Waals surface area contributed by atoms with E-state index < -0.39 is 0 Å². The van der Waals surface area contributed by atoms with Crippen LogP contribution in [0, 0.1) is 19.8 Å². The molecule has 0 saturated heterocycles. The van der Waals surface area contributed by atoms with Crippen LogP contribution in [-0.2, 0) is 4.79 Å². The van der Waals surface area contributed by atoms with Crippen LogP contribution in [0.5, 0.6) is 0 Å². The predicted octanol–water partition coefficient (Wildman–Crippen LogP) is 3.12. The van der Waals surface area contributed by atoms with Crippen LogP contribution in [0.1, 0.15) is 50.3 Å². The standard InChI is InChI=1S/C13H21NO2/c1-8(2)6-13(14-11(5)15)12-7-9(3)16-10(12)4/h7-8,13H,6H2,1-5H3,(H,14,15). The highest BCUT2D eigenvalue weighted by molar-refractivity contribution is 5.73. The molecule has 16 heavy (non-hydrogen) atoms. The zero-order valence-corrected chi connectivity index (χ0v) is 10.8. The first-order valence-corrected chi connectivity index (χ1v) is 5.74. The largest absolute Gasteiger partial charge is 0.466 e. The highest BCUT2D eigenvalue weighted by atomic mass is 16.3. The van der Waals surface area contributed by atoms with Gasteiger partial charge in [0.05, 0.1) is 6.04 Å².